The van der Waals surface area contributed by atoms with Gasteiger partial charge in [-0.15, -0.1) is 0 Å². The Bertz CT molecular complexity index is 1300. The third-order valence-corrected chi connectivity index (χ3v) is 4.88. The Labute approximate surface area is 183 Å². The molecule has 0 unspecified atom stereocenters. The summed E-state index contributed by atoms with van der Waals surface area (Å²) >= 11 is 0. The maximum Gasteiger partial charge on any atom is 0.257 e. The van der Waals surface area contributed by atoms with Crippen LogP contribution < -0.4 is 15.5 Å². The molecule has 162 valence electrons. The zero-order valence-electron chi connectivity index (χ0n) is 17.1. The number of phenols is 2. The van der Waals surface area contributed by atoms with Crippen molar-refractivity contribution in [2.75, 3.05) is 13.2 Å². The van der Waals surface area contributed by atoms with Gasteiger partial charge in [0, 0.05) is 30.3 Å². The SMILES string of the molecule is O=C(COc1cc(O)c2c(=O)cc(-c3ccccc3)oc2c1)NCCc1ccc(O)cc1. The van der Waals surface area contributed by atoms with E-state index in [1.54, 1.807) is 24.3 Å². The fourth-order valence-corrected chi connectivity index (χ4v) is 3.28. The molecule has 1 heterocycles. The predicted molar refractivity (Wildman–Crippen MR) is 120 cm³/mol. The molecular formula is C25H21NO6. The summed E-state index contributed by atoms with van der Waals surface area (Å²) in [6.45, 7) is 0.147. The standard InChI is InChI=1S/C25H21NO6/c27-18-8-6-16(7-9-18)10-11-26-24(30)15-31-19-12-20(28)25-21(29)14-22(32-23(25)13-19)17-4-2-1-3-5-17/h1-9,12-14,27-28H,10-11,15H2,(H,26,30). The van der Waals surface area contributed by atoms with Crippen LogP contribution in [0.25, 0.3) is 22.3 Å². The van der Waals surface area contributed by atoms with Gasteiger partial charge in [0.1, 0.15) is 34.0 Å². The summed E-state index contributed by atoms with van der Waals surface area (Å²) in [4.78, 5) is 24.6. The molecule has 0 fully saturated rings. The van der Waals surface area contributed by atoms with Crippen molar-refractivity contribution >= 4 is 16.9 Å². The third-order valence-electron chi connectivity index (χ3n) is 4.88. The molecule has 0 spiro atoms. The van der Waals surface area contributed by atoms with Gasteiger partial charge in [-0.2, -0.15) is 0 Å². The molecule has 0 aliphatic rings. The van der Waals surface area contributed by atoms with Crippen molar-refractivity contribution < 1.29 is 24.2 Å². The van der Waals surface area contributed by atoms with E-state index in [4.69, 9.17) is 9.15 Å². The highest BCUT2D eigenvalue weighted by atomic mass is 16.5. The summed E-state index contributed by atoms with van der Waals surface area (Å²) in [7, 11) is 0. The normalized spacial score (nSPS) is 10.8. The smallest absolute Gasteiger partial charge is 0.257 e. The van der Waals surface area contributed by atoms with Crippen LogP contribution in [0.15, 0.2) is 82.0 Å². The van der Waals surface area contributed by atoms with Crippen molar-refractivity contribution in [3.8, 4) is 28.6 Å². The van der Waals surface area contributed by atoms with E-state index in [1.807, 2.05) is 30.3 Å². The van der Waals surface area contributed by atoms with E-state index in [1.165, 1.54) is 18.2 Å². The Hall–Kier alpha value is -4.26. The molecule has 3 aromatic carbocycles. The molecule has 0 aliphatic heterocycles. The largest absolute Gasteiger partial charge is 0.508 e. The van der Waals surface area contributed by atoms with E-state index >= 15 is 0 Å². The van der Waals surface area contributed by atoms with Gasteiger partial charge in [-0.25, -0.2) is 0 Å². The van der Waals surface area contributed by atoms with E-state index in [0.717, 1.165) is 11.1 Å². The highest BCUT2D eigenvalue weighted by Gasteiger charge is 2.13. The van der Waals surface area contributed by atoms with Crippen LogP contribution in [0.4, 0.5) is 0 Å². The van der Waals surface area contributed by atoms with Gasteiger partial charge in [0.05, 0.1) is 0 Å². The molecule has 7 nitrogen and oxygen atoms in total. The van der Waals surface area contributed by atoms with Gasteiger partial charge < -0.3 is 24.7 Å². The highest BCUT2D eigenvalue weighted by Crippen LogP contribution is 2.31. The molecule has 0 saturated carbocycles. The lowest BCUT2D eigenvalue weighted by atomic mass is 10.1. The Morgan fingerprint density at radius 1 is 0.969 bits per heavy atom. The van der Waals surface area contributed by atoms with Gasteiger partial charge >= 0.3 is 0 Å². The Balaban J connectivity index is 1.43. The van der Waals surface area contributed by atoms with Crippen LogP contribution in [0.3, 0.4) is 0 Å². The molecule has 4 aromatic rings. The Kier molecular flexibility index (Phi) is 6.07. The number of aromatic hydroxyl groups is 2. The van der Waals surface area contributed by atoms with E-state index in [9.17, 15) is 19.8 Å². The fourth-order valence-electron chi connectivity index (χ4n) is 3.28. The second-order valence-electron chi connectivity index (χ2n) is 7.21. The van der Waals surface area contributed by atoms with Crippen LogP contribution in [0.5, 0.6) is 17.2 Å². The fraction of sp³-hybridized carbons (Fsp3) is 0.120. The number of phenolic OH excluding ortho intramolecular Hbond substituents is 2. The minimum absolute atomic E-state index is 0.0513. The summed E-state index contributed by atoms with van der Waals surface area (Å²) < 4.78 is 11.3. The number of fused-ring (bicyclic) bond motifs is 1. The van der Waals surface area contributed by atoms with E-state index < -0.39 is 0 Å². The van der Waals surface area contributed by atoms with Gasteiger partial charge in [-0.3, -0.25) is 9.59 Å². The number of nitrogens with one attached hydrogen (secondary N) is 1. The highest BCUT2D eigenvalue weighted by molar-refractivity contribution is 5.86. The number of hydrogen-bond donors (Lipinski definition) is 3. The maximum absolute atomic E-state index is 12.5. The number of hydrogen-bond acceptors (Lipinski definition) is 6. The maximum atomic E-state index is 12.5. The number of amides is 1. The molecule has 4 rings (SSSR count). The van der Waals surface area contributed by atoms with Crippen molar-refractivity contribution in [3.63, 3.8) is 0 Å². The minimum Gasteiger partial charge on any atom is -0.508 e. The third kappa shape index (κ3) is 4.89. The van der Waals surface area contributed by atoms with Crippen molar-refractivity contribution in [2.24, 2.45) is 0 Å². The summed E-state index contributed by atoms with van der Waals surface area (Å²) in [6, 6.07) is 20.0. The quantitative estimate of drug-likeness (QED) is 0.413. The van der Waals surface area contributed by atoms with Gasteiger partial charge in [0.2, 0.25) is 0 Å². The number of rotatable bonds is 7. The van der Waals surface area contributed by atoms with Crippen molar-refractivity contribution in [3.05, 3.63) is 88.6 Å². The van der Waals surface area contributed by atoms with Crippen molar-refractivity contribution in [1.82, 2.24) is 5.32 Å². The van der Waals surface area contributed by atoms with Crippen LogP contribution in [0, 0.1) is 0 Å². The first-order chi connectivity index (χ1) is 15.5. The first-order valence-corrected chi connectivity index (χ1v) is 10.0. The first kappa shape index (κ1) is 21.0. The van der Waals surface area contributed by atoms with Gasteiger partial charge in [0.15, 0.2) is 12.0 Å². The Morgan fingerprint density at radius 2 is 1.72 bits per heavy atom. The summed E-state index contributed by atoms with van der Waals surface area (Å²) in [5.74, 6) is 0.154. The monoisotopic (exact) mass is 431 g/mol. The van der Waals surface area contributed by atoms with Crippen LogP contribution >= 0.6 is 0 Å². The summed E-state index contributed by atoms with van der Waals surface area (Å²) in [5.41, 5.74) is 1.50. The second kappa shape index (κ2) is 9.26. The zero-order chi connectivity index (χ0) is 22.5. The Morgan fingerprint density at radius 3 is 2.47 bits per heavy atom. The zero-order valence-corrected chi connectivity index (χ0v) is 17.1. The molecule has 32 heavy (non-hydrogen) atoms. The van der Waals surface area contributed by atoms with Gasteiger partial charge in [-0.1, -0.05) is 42.5 Å². The summed E-state index contributed by atoms with van der Waals surface area (Å²) in [5, 5.41) is 22.4. The van der Waals surface area contributed by atoms with E-state index in [-0.39, 0.29) is 46.2 Å². The van der Waals surface area contributed by atoms with Crippen LogP contribution in [0.1, 0.15) is 5.56 Å². The van der Waals surface area contributed by atoms with Crippen molar-refractivity contribution in [2.45, 2.75) is 6.42 Å². The molecule has 0 bridgehead atoms. The average Bonchev–Trinajstić information content (AvgIpc) is 2.79. The molecule has 0 aliphatic carbocycles. The lowest BCUT2D eigenvalue weighted by Gasteiger charge is -2.10. The topological polar surface area (TPSA) is 109 Å². The summed E-state index contributed by atoms with van der Waals surface area (Å²) in [6.07, 6.45) is 0.607. The van der Waals surface area contributed by atoms with Crippen LogP contribution in [-0.4, -0.2) is 29.3 Å². The lowest BCUT2D eigenvalue weighted by molar-refractivity contribution is -0.123. The van der Waals surface area contributed by atoms with E-state index in [0.29, 0.717) is 18.7 Å². The van der Waals surface area contributed by atoms with Crippen molar-refractivity contribution in [1.29, 1.82) is 0 Å². The van der Waals surface area contributed by atoms with Gasteiger partial charge in [0.25, 0.3) is 5.91 Å². The molecule has 1 amide bonds. The first-order valence-electron chi connectivity index (χ1n) is 10.0. The molecule has 0 radical (unpaired) electrons. The van der Waals surface area contributed by atoms with E-state index in [2.05, 4.69) is 5.32 Å². The minimum atomic E-state index is -0.374. The number of benzene rings is 3. The predicted octanol–water partition coefficient (Wildman–Crippen LogP) is 3.61. The number of ether oxygens (including phenoxy) is 1. The molecule has 0 saturated heterocycles. The second-order valence-corrected chi connectivity index (χ2v) is 7.21. The number of carbonyl (C=O) groups is 1. The molecule has 3 N–H and O–H groups in total. The average molecular weight is 431 g/mol. The molecule has 1 aromatic heterocycles. The lowest BCUT2D eigenvalue weighted by Crippen LogP contribution is -2.30. The van der Waals surface area contributed by atoms with Gasteiger partial charge in [-0.05, 0) is 24.1 Å². The van der Waals surface area contributed by atoms with Crippen LogP contribution in [-0.2, 0) is 11.2 Å². The number of carbonyl (C=O) groups excluding carboxylic acids is 1. The molecule has 0 atom stereocenters. The van der Waals surface area contributed by atoms with Crippen LogP contribution in [0.2, 0.25) is 0 Å². The molecular weight excluding hydrogens is 410 g/mol. The molecule has 7 heteroatoms.